The summed E-state index contributed by atoms with van der Waals surface area (Å²) in [5.74, 6) is -2.31. The number of rotatable bonds is 7. The van der Waals surface area contributed by atoms with Gasteiger partial charge in [-0.1, -0.05) is 0 Å². The second-order valence-electron chi connectivity index (χ2n) is 11.6. The molecule has 4 heterocycles. The van der Waals surface area contributed by atoms with Gasteiger partial charge in [0.15, 0.2) is 15.7 Å². The summed E-state index contributed by atoms with van der Waals surface area (Å²) in [6.45, 7) is 5.31. The summed E-state index contributed by atoms with van der Waals surface area (Å²) in [4.78, 5) is 48.9. The number of amides is 2. The Labute approximate surface area is 262 Å². The van der Waals surface area contributed by atoms with Crippen LogP contribution in [0.25, 0.3) is 22.6 Å². The van der Waals surface area contributed by atoms with Crippen molar-refractivity contribution in [3.05, 3.63) is 53.0 Å². The minimum Gasteiger partial charge on any atom is -0.475 e. The van der Waals surface area contributed by atoms with E-state index in [9.17, 15) is 31.2 Å². The van der Waals surface area contributed by atoms with E-state index in [1.807, 2.05) is 13.0 Å². The molecule has 2 aliphatic heterocycles. The van der Waals surface area contributed by atoms with E-state index in [4.69, 9.17) is 14.6 Å². The van der Waals surface area contributed by atoms with Crippen molar-refractivity contribution in [1.29, 1.82) is 0 Å². The molecule has 0 spiro atoms. The smallest absolute Gasteiger partial charge is 0.475 e. The van der Waals surface area contributed by atoms with Crippen LogP contribution in [0.15, 0.2) is 35.4 Å². The number of aromatic amines is 1. The molecule has 3 aromatic rings. The van der Waals surface area contributed by atoms with Crippen LogP contribution in [0, 0.1) is 12.8 Å². The first-order chi connectivity index (χ1) is 21.5. The van der Waals surface area contributed by atoms with Crippen molar-refractivity contribution in [2.75, 3.05) is 19.5 Å². The van der Waals surface area contributed by atoms with Crippen LogP contribution in [0.5, 0.6) is 0 Å². The van der Waals surface area contributed by atoms with Crippen molar-refractivity contribution < 1.29 is 45.8 Å². The molecular formula is C30H32F3N5O7S. The molecule has 2 aromatic heterocycles. The maximum Gasteiger partial charge on any atom is 0.490 e. The second kappa shape index (κ2) is 12.5. The first-order valence-electron chi connectivity index (χ1n) is 14.4. The molecule has 46 heavy (non-hydrogen) atoms. The topological polar surface area (TPSA) is 172 Å². The van der Waals surface area contributed by atoms with Crippen LogP contribution in [0.1, 0.15) is 58.3 Å². The zero-order valence-corrected chi connectivity index (χ0v) is 26.0. The molecular weight excluding hydrogens is 631 g/mol. The number of alkyl halides is 3. The number of pyridine rings is 1. The highest BCUT2D eigenvalue weighted by Gasteiger charge is 2.41. The number of aromatic nitrogens is 3. The number of benzene rings is 1. The van der Waals surface area contributed by atoms with Gasteiger partial charge in [0.1, 0.15) is 11.4 Å². The first-order valence-corrected chi connectivity index (χ1v) is 16.3. The van der Waals surface area contributed by atoms with Crippen molar-refractivity contribution in [3.8, 4) is 22.6 Å². The molecule has 1 aliphatic carbocycles. The Morgan fingerprint density at radius 3 is 2.46 bits per heavy atom. The molecule has 3 aliphatic rings. The summed E-state index contributed by atoms with van der Waals surface area (Å²) >= 11 is 0. The summed E-state index contributed by atoms with van der Waals surface area (Å²) in [5, 5.41) is 10.1. The fraction of sp³-hybridized carbons (Fsp3) is 0.433. The predicted molar refractivity (Wildman–Crippen MR) is 158 cm³/mol. The van der Waals surface area contributed by atoms with Crippen LogP contribution in [0.4, 0.5) is 13.2 Å². The van der Waals surface area contributed by atoms with Crippen molar-refractivity contribution in [2.24, 2.45) is 5.92 Å². The minimum absolute atomic E-state index is 0.0241. The van der Waals surface area contributed by atoms with Gasteiger partial charge in [0.25, 0.3) is 11.8 Å². The number of carboxylic acids is 1. The largest absolute Gasteiger partial charge is 0.490 e. The highest BCUT2D eigenvalue weighted by Crippen LogP contribution is 2.41. The Morgan fingerprint density at radius 2 is 1.87 bits per heavy atom. The van der Waals surface area contributed by atoms with E-state index >= 15 is 0 Å². The van der Waals surface area contributed by atoms with Gasteiger partial charge in [0.2, 0.25) is 0 Å². The zero-order valence-electron chi connectivity index (χ0n) is 25.1. The number of hydrogen-bond donors (Lipinski definition) is 3. The van der Waals surface area contributed by atoms with Crippen molar-refractivity contribution in [1.82, 2.24) is 25.2 Å². The number of aliphatic carboxylic acids is 1. The molecule has 246 valence electrons. The molecule has 2 amide bonds. The van der Waals surface area contributed by atoms with Gasteiger partial charge < -0.3 is 25.0 Å². The second-order valence-corrected chi connectivity index (χ2v) is 13.6. The Kier molecular flexibility index (Phi) is 8.96. The zero-order chi connectivity index (χ0) is 33.6. The maximum absolute atomic E-state index is 13.3. The number of fused-ring (bicyclic) bond motifs is 1. The number of carbonyl (C=O) groups excluding carboxylic acids is 2. The normalized spacial score (nSPS) is 18.5. The lowest BCUT2D eigenvalue weighted by atomic mass is 10.0. The Bertz CT molecular complexity index is 1800. The van der Waals surface area contributed by atoms with Gasteiger partial charge in [-0.15, -0.1) is 0 Å². The molecule has 2 fully saturated rings. The van der Waals surface area contributed by atoms with Crippen LogP contribution in [0.2, 0.25) is 0 Å². The van der Waals surface area contributed by atoms with Gasteiger partial charge >= 0.3 is 12.1 Å². The third-order valence-corrected chi connectivity index (χ3v) is 9.27. The van der Waals surface area contributed by atoms with Crippen molar-refractivity contribution in [2.45, 2.75) is 62.8 Å². The standard InChI is InChI=1S/C28H31N5O5S.C2HF3O2/c1-15-25(27(34)31-21-7-9-38-14-21)32-26(30-15)22-11-18(6-8-29-22)19-10-20-13-33(16(2)17-4-5-17)28(35)24(20)23(12-19)39(3,36)37;3-2(4,5)1(6)7/h6,8,10-12,16-17,21H,4-5,7,9,13-14H2,1-3H3,(H,30,32)(H,31,34);(H,6,7)/t16-,21?;/m0./s1. The number of nitrogens with one attached hydrogen (secondary N) is 2. The summed E-state index contributed by atoms with van der Waals surface area (Å²) in [7, 11) is -3.66. The highest BCUT2D eigenvalue weighted by atomic mass is 32.2. The van der Waals surface area contributed by atoms with Crippen LogP contribution in [-0.2, 0) is 25.9 Å². The van der Waals surface area contributed by atoms with E-state index in [0.717, 1.165) is 31.1 Å². The monoisotopic (exact) mass is 663 g/mol. The fourth-order valence-electron chi connectivity index (χ4n) is 5.51. The maximum atomic E-state index is 13.3. The number of carbonyl (C=O) groups is 3. The quantitative estimate of drug-likeness (QED) is 0.341. The predicted octanol–water partition coefficient (Wildman–Crippen LogP) is 3.76. The highest BCUT2D eigenvalue weighted by molar-refractivity contribution is 7.90. The van der Waals surface area contributed by atoms with Gasteiger partial charge in [-0.2, -0.15) is 13.2 Å². The molecule has 3 N–H and O–H groups in total. The van der Waals surface area contributed by atoms with E-state index in [1.54, 1.807) is 36.2 Å². The number of H-pyrrole nitrogens is 1. The van der Waals surface area contributed by atoms with Gasteiger partial charge in [-0.25, -0.2) is 18.2 Å². The molecule has 0 radical (unpaired) electrons. The number of sulfone groups is 1. The summed E-state index contributed by atoms with van der Waals surface area (Å²) in [6, 6.07) is 7.12. The van der Waals surface area contributed by atoms with E-state index in [1.165, 1.54) is 0 Å². The van der Waals surface area contributed by atoms with Crippen molar-refractivity contribution in [3.63, 3.8) is 0 Å². The van der Waals surface area contributed by atoms with Gasteiger partial charge in [-0.3, -0.25) is 14.6 Å². The Balaban J connectivity index is 0.000000537. The van der Waals surface area contributed by atoms with Gasteiger partial charge in [0, 0.05) is 31.6 Å². The van der Waals surface area contributed by atoms with E-state index in [2.05, 4.69) is 20.3 Å². The molecule has 12 nitrogen and oxygen atoms in total. The molecule has 2 atom stereocenters. The molecule has 6 rings (SSSR count). The van der Waals surface area contributed by atoms with Crippen LogP contribution in [-0.4, -0.2) is 88.9 Å². The van der Waals surface area contributed by atoms with E-state index in [0.29, 0.717) is 59.7 Å². The molecule has 0 bridgehead atoms. The lowest BCUT2D eigenvalue weighted by Crippen LogP contribution is -2.35. The minimum atomic E-state index is -5.08. The number of imidazole rings is 1. The number of aryl methyl sites for hydroxylation is 1. The van der Waals surface area contributed by atoms with Crippen LogP contribution < -0.4 is 5.32 Å². The SMILES string of the molecule is Cc1nc(-c2cc(-c3cc4c(c(S(C)(=O)=O)c3)C(=O)N([C@@H](C)C3CC3)C4)ccn2)[nH]c1C(=O)NC1CCOC1.O=C(O)C(F)(F)F. The third kappa shape index (κ3) is 7.07. The van der Waals surface area contributed by atoms with Gasteiger partial charge in [-0.05, 0) is 80.0 Å². The number of ether oxygens (including phenoxy) is 1. The summed E-state index contributed by atoms with van der Waals surface area (Å²) < 4.78 is 62.7. The third-order valence-electron chi connectivity index (χ3n) is 8.15. The average molecular weight is 664 g/mol. The Morgan fingerprint density at radius 1 is 1.17 bits per heavy atom. The Hall–Kier alpha value is -4.31. The lowest BCUT2D eigenvalue weighted by molar-refractivity contribution is -0.192. The van der Waals surface area contributed by atoms with Gasteiger partial charge in [0.05, 0.1) is 28.8 Å². The fourth-order valence-corrected chi connectivity index (χ4v) is 6.44. The number of halogens is 3. The lowest BCUT2D eigenvalue weighted by Gasteiger charge is -2.24. The number of hydrogen-bond acceptors (Lipinski definition) is 8. The molecule has 1 aromatic carbocycles. The number of carboxylic acid groups (broad SMARTS) is 1. The van der Waals surface area contributed by atoms with Crippen LogP contribution >= 0.6 is 0 Å². The summed E-state index contributed by atoms with van der Waals surface area (Å²) in [5.41, 5.74) is 3.84. The average Bonchev–Trinajstić information content (AvgIpc) is 3.41. The van der Waals surface area contributed by atoms with Crippen molar-refractivity contribution >= 4 is 27.6 Å². The summed E-state index contributed by atoms with van der Waals surface area (Å²) in [6.07, 6.45) is 0.638. The number of nitrogens with zero attached hydrogens (tertiary/aromatic N) is 3. The molecule has 1 saturated heterocycles. The molecule has 1 unspecified atom stereocenters. The van der Waals surface area contributed by atoms with E-state index < -0.39 is 22.0 Å². The first kappa shape index (κ1) is 33.1. The van der Waals surface area contributed by atoms with E-state index in [-0.39, 0.29) is 34.4 Å². The molecule has 1 saturated carbocycles. The molecule has 16 heteroatoms. The van der Waals surface area contributed by atoms with Crippen LogP contribution in [0.3, 0.4) is 0 Å².